The van der Waals surface area contributed by atoms with Gasteiger partial charge < -0.3 is 10.1 Å². The van der Waals surface area contributed by atoms with Gasteiger partial charge in [-0.2, -0.15) is 20.5 Å². The first kappa shape index (κ1) is 17.5. The second kappa shape index (κ2) is 7.36. The number of anilines is 2. The van der Waals surface area contributed by atoms with Crippen LogP contribution in [0.3, 0.4) is 0 Å². The summed E-state index contributed by atoms with van der Waals surface area (Å²) in [4.78, 5) is 12.3. The Kier molecular flexibility index (Phi) is 4.59. The number of halogens is 1. The van der Waals surface area contributed by atoms with Gasteiger partial charge in [0.2, 0.25) is 5.95 Å². The van der Waals surface area contributed by atoms with Crippen LogP contribution in [0.5, 0.6) is 11.8 Å². The summed E-state index contributed by atoms with van der Waals surface area (Å²) in [5.41, 5.74) is 3.65. The van der Waals surface area contributed by atoms with Crippen LogP contribution in [0.15, 0.2) is 48.8 Å². The molecule has 1 aliphatic carbocycles. The maximum Gasteiger partial charge on any atom is 0.326 e. The van der Waals surface area contributed by atoms with Crippen LogP contribution in [-0.4, -0.2) is 15.0 Å². The van der Waals surface area contributed by atoms with Crippen molar-refractivity contribution in [3.63, 3.8) is 0 Å². The molecule has 0 unspecified atom stereocenters. The fraction of sp³-hybridized carbons (Fsp3) is 0.0500. The molecule has 28 heavy (non-hydrogen) atoms. The second-order valence-electron chi connectivity index (χ2n) is 5.88. The summed E-state index contributed by atoms with van der Waals surface area (Å²) in [7, 11) is 0. The van der Waals surface area contributed by atoms with E-state index in [0.29, 0.717) is 28.3 Å². The van der Waals surface area contributed by atoms with Crippen molar-refractivity contribution in [2.75, 3.05) is 5.32 Å². The Labute approximate surface area is 165 Å². The van der Waals surface area contributed by atoms with Crippen molar-refractivity contribution in [1.82, 2.24) is 15.0 Å². The largest absolute Gasteiger partial charge is 0.423 e. The number of fused-ring (bicyclic) bond motifs is 1. The molecule has 0 saturated heterocycles. The van der Waals surface area contributed by atoms with Gasteiger partial charge in [-0.3, -0.25) is 0 Å². The predicted octanol–water partition coefficient (Wildman–Crippen LogP) is 4.40. The number of nitriles is 2. The highest BCUT2D eigenvalue weighted by atomic mass is 35.5. The summed E-state index contributed by atoms with van der Waals surface area (Å²) in [5.74, 6) is 0.642. The lowest BCUT2D eigenvalue weighted by molar-refractivity contribution is 0.440. The smallest absolute Gasteiger partial charge is 0.326 e. The molecular formula is C20H11ClN6O. The standard InChI is InChI=1S/C20H11ClN6O/c21-17-7-13-3-4-14(10-23)16(13)8-18(17)28-20-25-11-24-19(27-20)26-15-5-1-12(9-22)2-6-15/h1-2,4-8,11H,3H2,(H,24,25,26,27). The van der Waals surface area contributed by atoms with Gasteiger partial charge in [0.25, 0.3) is 0 Å². The van der Waals surface area contributed by atoms with Crippen molar-refractivity contribution in [2.45, 2.75) is 6.42 Å². The fourth-order valence-electron chi connectivity index (χ4n) is 2.77. The molecule has 2 aromatic carbocycles. The van der Waals surface area contributed by atoms with Gasteiger partial charge in [0.1, 0.15) is 12.1 Å². The summed E-state index contributed by atoms with van der Waals surface area (Å²) < 4.78 is 5.73. The number of hydrogen-bond acceptors (Lipinski definition) is 7. The first-order valence-corrected chi connectivity index (χ1v) is 8.61. The van der Waals surface area contributed by atoms with E-state index in [4.69, 9.17) is 21.6 Å². The number of ether oxygens (including phenoxy) is 1. The van der Waals surface area contributed by atoms with E-state index >= 15 is 0 Å². The minimum atomic E-state index is 0.0634. The van der Waals surface area contributed by atoms with E-state index in [1.54, 1.807) is 36.4 Å². The van der Waals surface area contributed by atoms with Gasteiger partial charge in [-0.1, -0.05) is 17.7 Å². The van der Waals surface area contributed by atoms with Crippen molar-refractivity contribution >= 4 is 28.8 Å². The van der Waals surface area contributed by atoms with Crippen LogP contribution >= 0.6 is 11.6 Å². The highest BCUT2D eigenvalue weighted by Crippen LogP contribution is 2.37. The fourth-order valence-corrected chi connectivity index (χ4v) is 2.99. The van der Waals surface area contributed by atoms with Crippen molar-refractivity contribution in [3.8, 4) is 23.9 Å². The van der Waals surface area contributed by atoms with E-state index in [-0.39, 0.29) is 12.0 Å². The van der Waals surface area contributed by atoms with Crippen LogP contribution in [0.1, 0.15) is 16.7 Å². The van der Waals surface area contributed by atoms with Crippen LogP contribution in [0.25, 0.3) is 5.57 Å². The highest BCUT2D eigenvalue weighted by Gasteiger charge is 2.18. The predicted molar refractivity (Wildman–Crippen MR) is 103 cm³/mol. The average molecular weight is 387 g/mol. The lowest BCUT2D eigenvalue weighted by Gasteiger charge is -2.10. The van der Waals surface area contributed by atoms with Gasteiger partial charge in [-0.05, 0) is 53.9 Å². The molecule has 3 aromatic rings. The van der Waals surface area contributed by atoms with E-state index in [9.17, 15) is 5.26 Å². The van der Waals surface area contributed by atoms with Gasteiger partial charge in [0.15, 0.2) is 0 Å². The lowest BCUT2D eigenvalue weighted by Crippen LogP contribution is -2.01. The van der Waals surface area contributed by atoms with Gasteiger partial charge in [0.05, 0.1) is 28.3 Å². The van der Waals surface area contributed by atoms with Crippen molar-refractivity contribution in [2.24, 2.45) is 0 Å². The SMILES string of the molecule is N#CC1=CCc2cc(Cl)c(Oc3ncnc(Nc4ccc(C#N)cc4)n3)cc21. The Bertz CT molecular complexity index is 1170. The average Bonchev–Trinajstić information content (AvgIpc) is 3.11. The van der Waals surface area contributed by atoms with E-state index in [2.05, 4.69) is 32.4 Å². The number of nitrogens with one attached hydrogen (secondary N) is 1. The third-order valence-electron chi connectivity index (χ3n) is 4.12. The zero-order valence-corrected chi connectivity index (χ0v) is 15.1. The van der Waals surface area contributed by atoms with Crippen molar-refractivity contribution < 1.29 is 4.74 Å². The van der Waals surface area contributed by atoms with Crippen LogP contribution in [0.4, 0.5) is 11.6 Å². The molecule has 1 heterocycles. The Morgan fingerprint density at radius 2 is 1.89 bits per heavy atom. The van der Waals surface area contributed by atoms with E-state index < -0.39 is 0 Å². The number of rotatable bonds is 4. The number of allylic oxidation sites excluding steroid dienone is 2. The number of benzene rings is 2. The zero-order valence-electron chi connectivity index (χ0n) is 14.3. The lowest BCUT2D eigenvalue weighted by atomic mass is 10.1. The maximum absolute atomic E-state index is 9.22. The molecule has 1 aliphatic rings. The van der Waals surface area contributed by atoms with E-state index in [1.165, 1.54) is 6.33 Å². The molecule has 1 N–H and O–H groups in total. The molecule has 0 fully saturated rings. The summed E-state index contributed by atoms with van der Waals surface area (Å²) in [6.45, 7) is 0. The third-order valence-corrected chi connectivity index (χ3v) is 4.41. The highest BCUT2D eigenvalue weighted by molar-refractivity contribution is 6.32. The van der Waals surface area contributed by atoms with Crippen LogP contribution in [0, 0.1) is 22.7 Å². The molecule has 0 atom stereocenters. The summed E-state index contributed by atoms with van der Waals surface area (Å²) in [5, 5.41) is 21.5. The zero-order chi connectivity index (χ0) is 19.5. The van der Waals surface area contributed by atoms with Gasteiger partial charge in [0, 0.05) is 5.69 Å². The van der Waals surface area contributed by atoms with Crippen LogP contribution in [0.2, 0.25) is 5.02 Å². The first-order chi connectivity index (χ1) is 13.7. The maximum atomic E-state index is 9.22. The molecule has 0 radical (unpaired) electrons. The molecule has 0 aliphatic heterocycles. The van der Waals surface area contributed by atoms with Crippen LogP contribution < -0.4 is 10.1 Å². The third kappa shape index (κ3) is 3.48. The molecule has 0 amide bonds. The van der Waals surface area contributed by atoms with E-state index in [0.717, 1.165) is 16.8 Å². The number of aromatic nitrogens is 3. The second-order valence-corrected chi connectivity index (χ2v) is 6.29. The Hall–Kier alpha value is -3.94. The molecule has 134 valence electrons. The summed E-state index contributed by atoms with van der Waals surface area (Å²) in [6, 6.07) is 14.7. The molecule has 0 spiro atoms. The molecule has 1 aromatic heterocycles. The molecule has 0 saturated carbocycles. The number of nitrogens with zero attached hydrogens (tertiary/aromatic N) is 5. The minimum Gasteiger partial charge on any atom is -0.423 e. The van der Waals surface area contributed by atoms with Crippen molar-refractivity contribution in [3.05, 3.63) is 70.5 Å². The number of hydrogen-bond donors (Lipinski definition) is 1. The Morgan fingerprint density at radius 1 is 1.07 bits per heavy atom. The van der Waals surface area contributed by atoms with Crippen molar-refractivity contribution in [1.29, 1.82) is 10.5 Å². The van der Waals surface area contributed by atoms with Crippen LogP contribution in [-0.2, 0) is 6.42 Å². The minimum absolute atomic E-state index is 0.0634. The van der Waals surface area contributed by atoms with E-state index in [1.807, 2.05) is 6.08 Å². The first-order valence-electron chi connectivity index (χ1n) is 8.23. The molecule has 0 bridgehead atoms. The molecular weight excluding hydrogens is 376 g/mol. The summed E-state index contributed by atoms with van der Waals surface area (Å²) >= 11 is 6.30. The quantitative estimate of drug-likeness (QED) is 0.708. The molecule has 8 heteroatoms. The topological polar surface area (TPSA) is 108 Å². The normalized spacial score (nSPS) is 11.8. The Morgan fingerprint density at radius 3 is 2.64 bits per heavy atom. The molecule has 7 nitrogen and oxygen atoms in total. The van der Waals surface area contributed by atoms with Gasteiger partial charge >= 0.3 is 6.01 Å². The molecule has 4 rings (SSSR count). The van der Waals surface area contributed by atoms with Gasteiger partial charge in [-0.25, -0.2) is 4.98 Å². The Balaban J connectivity index is 1.56. The summed E-state index contributed by atoms with van der Waals surface area (Å²) in [6.07, 6.45) is 3.84. The van der Waals surface area contributed by atoms with Gasteiger partial charge in [-0.15, -0.1) is 0 Å². The monoisotopic (exact) mass is 386 g/mol.